The number of carbonyl (C=O) groups excluding carboxylic acids is 2. The number of nitrogens with zero attached hydrogens (tertiary/aromatic N) is 3. The third-order valence-electron chi connectivity index (χ3n) is 5.11. The van der Waals surface area contributed by atoms with Gasteiger partial charge in [-0.3, -0.25) is 9.59 Å². The molecule has 3 aromatic rings. The summed E-state index contributed by atoms with van der Waals surface area (Å²) in [5, 5.41) is 12.1. The molecule has 0 aliphatic carbocycles. The lowest BCUT2D eigenvalue weighted by Crippen LogP contribution is -2.39. The van der Waals surface area contributed by atoms with Crippen LogP contribution in [0.4, 0.5) is 10.1 Å². The Morgan fingerprint density at radius 1 is 1.13 bits per heavy atom. The lowest BCUT2D eigenvalue weighted by molar-refractivity contribution is 0.0702. The van der Waals surface area contributed by atoms with Crippen LogP contribution in [-0.4, -0.2) is 40.0 Å². The number of amides is 2. The summed E-state index contributed by atoms with van der Waals surface area (Å²) in [6.07, 6.45) is 1.63. The molecule has 1 aliphatic rings. The summed E-state index contributed by atoms with van der Waals surface area (Å²) >= 11 is 1.24. The molecule has 1 atom stereocenters. The standard InChI is InChI=1S/C22H21FN4O2S/c1-14-8-10-16(11-9-14)24-19(28)21-26-25-20(30-21)15-5-4-12-27(13-15)22(29)17-6-2-3-7-18(17)23/h2-3,6-11,15H,4-5,12-13H2,1H3,(H,24,28)/t15-/m0/s1. The third-order valence-corrected chi connectivity index (χ3v) is 6.19. The number of piperidine rings is 1. The quantitative estimate of drug-likeness (QED) is 0.679. The van der Waals surface area contributed by atoms with Gasteiger partial charge in [0.2, 0.25) is 5.01 Å². The van der Waals surface area contributed by atoms with Gasteiger partial charge in [0.1, 0.15) is 10.8 Å². The lowest BCUT2D eigenvalue weighted by atomic mass is 9.98. The molecule has 1 aromatic heterocycles. The zero-order valence-electron chi connectivity index (χ0n) is 16.5. The van der Waals surface area contributed by atoms with E-state index in [2.05, 4.69) is 15.5 Å². The van der Waals surface area contributed by atoms with Crippen molar-refractivity contribution in [3.8, 4) is 0 Å². The minimum Gasteiger partial charge on any atom is -0.338 e. The molecule has 8 heteroatoms. The van der Waals surface area contributed by atoms with Crippen LogP contribution in [0, 0.1) is 12.7 Å². The first-order valence-electron chi connectivity index (χ1n) is 9.76. The maximum atomic E-state index is 14.0. The van der Waals surface area contributed by atoms with Gasteiger partial charge in [0, 0.05) is 24.7 Å². The molecule has 30 heavy (non-hydrogen) atoms. The van der Waals surface area contributed by atoms with Crippen molar-refractivity contribution in [3.63, 3.8) is 0 Å². The van der Waals surface area contributed by atoms with Crippen molar-refractivity contribution in [2.75, 3.05) is 18.4 Å². The van der Waals surface area contributed by atoms with E-state index < -0.39 is 5.82 Å². The minimum absolute atomic E-state index is 0.0205. The van der Waals surface area contributed by atoms with E-state index in [-0.39, 0.29) is 28.3 Å². The molecule has 6 nitrogen and oxygen atoms in total. The summed E-state index contributed by atoms with van der Waals surface area (Å²) in [7, 11) is 0. The summed E-state index contributed by atoms with van der Waals surface area (Å²) in [6.45, 7) is 2.98. The molecule has 2 amide bonds. The topological polar surface area (TPSA) is 75.2 Å². The normalized spacial score (nSPS) is 16.3. The molecule has 0 unspecified atom stereocenters. The van der Waals surface area contributed by atoms with Crippen LogP contribution >= 0.6 is 11.3 Å². The molecular formula is C22H21FN4O2S. The van der Waals surface area contributed by atoms with Crippen molar-refractivity contribution in [3.05, 3.63) is 75.5 Å². The molecule has 1 saturated heterocycles. The number of aryl methyl sites for hydroxylation is 1. The SMILES string of the molecule is Cc1ccc(NC(=O)c2nnc([C@H]3CCCN(C(=O)c4ccccc4F)C3)s2)cc1. The van der Waals surface area contributed by atoms with Crippen molar-refractivity contribution in [2.45, 2.75) is 25.7 Å². The van der Waals surface area contributed by atoms with Gasteiger partial charge in [0.05, 0.1) is 5.56 Å². The zero-order valence-corrected chi connectivity index (χ0v) is 17.3. The molecule has 4 rings (SSSR count). The molecule has 0 saturated carbocycles. The van der Waals surface area contributed by atoms with E-state index in [1.807, 2.05) is 31.2 Å². The maximum absolute atomic E-state index is 14.0. The third kappa shape index (κ3) is 4.38. The first kappa shape index (κ1) is 20.2. The monoisotopic (exact) mass is 424 g/mol. The van der Waals surface area contributed by atoms with E-state index in [0.29, 0.717) is 18.8 Å². The summed E-state index contributed by atoms with van der Waals surface area (Å²) in [6, 6.07) is 13.5. The Bertz CT molecular complexity index is 1070. The fourth-order valence-electron chi connectivity index (χ4n) is 3.48. The molecule has 2 heterocycles. The van der Waals surface area contributed by atoms with Crippen molar-refractivity contribution in [2.24, 2.45) is 0 Å². The molecule has 0 spiro atoms. The molecule has 2 aromatic carbocycles. The summed E-state index contributed by atoms with van der Waals surface area (Å²) < 4.78 is 14.0. The number of halogens is 1. The van der Waals surface area contributed by atoms with Gasteiger partial charge in [0.25, 0.3) is 11.8 Å². The number of hydrogen-bond donors (Lipinski definition) is 1. The average molecular weight is 425 g/mol. The van der Waals surface area contributed by atoms with E-state index in [1.165, 1.54) is 23.5 Å². The van der Waals surface area contributed by atoms with Gasteiger partial charge >= 0.3 is 0 Å². The summed E-state index contributed by atoms with van der Waals surface area (Å²) in [4.78, 5) is 26.9. The minimum atomic E-state index is -0.518. The number of rotatable bonds is 4. The number of anilines is 1. The van der Waals surface area contributed by atoms with E-state index in [9.17, 15) is 14.0 Å². The van der Waals surface area contributed by atoms with Gasteiger partial charge in [-0.25, -0.2) is 4.39 Å². The van der Waals surface area contributed by atoms with E-state index in [0.717, 1.165) is 23.4 Å². The summed E-state index contributed by atoms with van der Waals surface area (Å²) in [5.41, 5.74) is 1.88. The molecule has 1 aliphatic heterocycles. The van der Waals surface area contributed by atoms with Crippen LogP contribution in [0.5, 0.6) is 0 Å². The van der Waals surface area contributed by atoms with Crippen LogP contribution in [0.3, 0.4) is 0 Å². The second-order valence-corrected chi connectivity index (χ2v) is 8.34. The predicted molar refractivity (Wildman–Crippen MR) is 113 cm³/mol. The van der Waals surface area contributed by atoms with Crippen molar-refractivity contribution in [1.29, 1.82) is 0 Å². The van der Waals surface area contributed by atoms with Gasteiger partial charge in [0.15, 0.2) is 0 Å². The smallest absolute Gasteiger partial charge is 0.286 e. The molecule has 0 bridgehead atoms. The van der Waals surface area contributed by atoms with Crippen molar-refractivity contribution in [1.82, 2.24) is 15.1 Å². The van der Waals surface area contributed by atoms with Crippen LogP contribution < -0.4 is 5.32 Å². The number of carbonyl (C=O) groups is 2. The van der Waals surface area contributed by atoms with E-state index in [1.54, 1.807) is 17.0 Å². The van der Waals surface area contributed by atoms with Crippen LogP contribution in [-0.2, 0) is 0 Å². The highest BCUT2D eigenvalue weighted by Crippen LogP contribution is 2.30. The predicted octanol–water partition coefficient (Wildman–Crippen LogP) is 4.26. The molecular weight excluding hydrogens is 403 g/mol. The number of likely N-dealkylation sites (tertiary alicyclic amines) is 1. The highest BCUT2D eigenvalue weighted by Gasteiger charge is 2.29. The van der Waals surface area contributed by atoms with Gasteiger partial charge in [-0.05, 0) is 44.0 Å². The van der Waals surface area contributed by atoms with E-state index >= 15 is 0 Å². The largest absolute Gasteiger partial charge is 0.338 e. The highest BCUT2D eigenvalue weighted by molar-refractivity contribution is 7.13. The van der Waals surface area contributed by atoms with Crippen molar-refractivity contribution >= 4 is 28.8 Å². The van der Waals surface area contributed by atoms with Gasteiger partial charge in [-0.15, -0.1) is 10.2 Å². The Hall–Kier alpha value is -3.13. The number of benzene rings is 2. The zero-order chi connectivity index (χ0) is 21.1. The molecule has 154 valence electrons. The fourth-order valence-corrected chi connectivity index (χ4v) is 4.35. The lowest BCUT2D eigenvalue weighted by Gasteiger charge is -2.31. The first-order valence-corrected chi connectivity index (χ1v) is 10.6. The molecule has 0 radical (unpaired) electrons. The van der Waals surface area contributed by atoms with E-state index in [4.69, 9.17) is 0 Å². The maximum Gasteiger partial charge on any atom is 0.286 e. The first-order chi connectivity index (χ1) is 14.5. The highest BCUT2D eigenvalue weighted by atomic mass is 32.1. The van der Waals surface area contributed by atoms with Crippen LogP contribution in [0.15, 0.2) is 48.5 Å². The second kappa shape index (κ2) is 8.71. The Kier molecular flexibility index (Phi) is 5.85. The fraction of sp³-hybridized carbons (Fsp3) is 0.273. The summed E-state index contributed by atoms with van der Waals surface area (Å²) in [5.74, 6) is -1.17. The van der Waals surface area contributed by atoms with Crippen LogP contribution in [0.1, 0.15) is 49.5 Å². The number of hydrogen-bond acceptors (Lipinski definition) is 5. The Morgan fingerprint density at radius 2 is 1.90 bits per heavy atom. The number of nitrogens with one attached hydrogen (secondary N) is 1. The average Bonchev–Trinajstić information content (AvgIpc) is 3.26. The van der Waals surface area contributed by atoms with Crippen LogP contribution in [0.25, 0.3) is 0 Å². The molecule has 1 fully saturated rings. The number of aromatic nitrogens is 2. The van der Waals surface area contributed by atoms with Gasteiger partial charge in [-0.2, -0.15) is 0 Å². The molecule has 1 N–H and O–H groups in total. The van der Waals surface area contributed by atoms with Crippen LogP contribution in [0.2, 0.25) is 0 Å². The van der Waals surface area contributed by atoms with Gasteiger partial charge in [-0.1, -0.05) is 41.2 Å². The Labute approximate surface area is 177 Å². The van der Waals surface area contributed by atoms with Gasteiger partial charge < -0.3 is 10.2 Å². The van der Waals surface area contributed by atoms with Crippen molar-refractivity contribution < 1.29 is 14.0 Å². The Balaban J connectivity index is 1.44. The Morgan fingerprint density at radius 3 is 2.67 bits per heavy atom. The second-order valence-electron chi connectivity index (χ2n) is 7.34.